The number of phenols is 1. The first-order valence-corrected chi connectivity index (χ1v) is 14.4. The van der Waals surface area contributed by atoms with Gasteiger partial charge < -0.3 is 26.2 Å². The molecule has 4 atom stereocenters. The van der Waals surface area contributed by atoms with Gasteiger partial charge in [-0.15, -0.1) is 0 Å². The molecule has 246 valence electrons. The molecule has 0 aliphatic heterocycles. The van der Waals surface area contributed by atoms with Gasteiger partial charge in [-0.05, 0) is 87.0 Å². The predicted molar refractivity (Wildman–Crippen MR) is 153 cm³/mol. The zero-order valence-corrected chi connectivity index (χ0v) is 24.7. The average Bonchev–Trinajstić information content (AvgIpc) is 2.93. The lowest BCUT2D eigenvalue weighted by Gasteiger charge is -2.50. The van der Waals surface area contributed by atoms with Gasteiger partial charge in [0.1, 0.15) is 34.5 Å². The summed E-state index contributed by atoms with van der Waals surface area (Å²) in [5.41, 5.74) is 0.784. The molecule has 0 heterocycles. The summed E-state index contributed by atoms with van der Waals surface area (Å²) in [4.78, 5) is 40.9. The minimum Gasteiger partial charge on any atom is -0.508 e. The lowest BCUT2D eigenvalue weighted by Crippen LogP contribution is -2.65. The summed E-state index contributed by atoms with van der Waals surface area (Å²) in [6.07, 6.45) is -6.39. The van der Waals surface area contributed by atoms with Gasteiger partial charge in [0.15, 0.2) is 11.4 Å². The van der Waals surface area contributed by atoms with Crippen molar-refractivity contribution in [2.75, 3.05) is 14.1 Å². The molecule has 3 aliphatic rings. The number of aryl methyl sites for hydroxylation is 1. The second-order valence-electron chi connectivity index (χ2n) is 12.2. The van der Waals surface area contributed by atoms with Crippen molar-refractivity contribution in [1.82, 2.24) is 4.90 Å². The van der Waals surface area contributed by atoms with Crippen LogP contribution in [0.3, 0.4) is 0 Å². The van der Waals surface area contributed by atoms with E-state index in [2.05, 4.69) is 0 Å². The molecule has 0 aromatic heterocycles. The summed E-state index contributed by atoms with van der Waals surface area (Å²) >= 11 is 0. The zero-order valence-electron chi connectivity index (χ0n) is 24.7. The summed E-state index contributed by atoms with van der Waals surface area (Å²) in [6, 6.07) is 2.76. The summed E-state index contributed by atoms with van der Waals surface area (Å²) in [6.45, 7) is 0. The number of phenolic OH excluding ortho intramolecular Hbond substituents is 1. The van der Waals surface area contributed by atoms with Gasteiger partial charge >= 0.3 is 6.18 Å². The molecule has 9 nitrogen and oxygen atoms in total. The van der Waals surface area contributed by atoms with E-state index in [-0.39, 0.29) is 59.9 Å². The van der Waals surface area contributed by atoms with Crippen LogP contribution >= 0.6 is 0 Å². The number of aromatic hydroxyl groups is 1. The van der Waals surface area contributed by atoms with Gasteiger partial charge in [-0.3, -0.25) is 19.3 Å². The predicted octanol–water partition coefficient (Wildman–Crippen LogP) is 4.18. The Kier molecular flexibility index (Phi) is 8.27. The van der Waals surface area contributed by atoms with Crippen LogP contribution in [0, 0.1) is 23.5 Å². The molecule has 5 rings (SSSR count). The number of carbonyl (C=O) groups is 3. The number of likely N-dealkylation sites (N-methyl/N-ethyl adjacent to an activating group) is 1. The fourth-order valence-corrected chi connectivity index (χ4v) is 7.15. The Morgan fingerprint density at radius 2 is 1.74 bits per heavy atom. The molecule has 1 saturated carbocycles. The fourth-order valence-electron chi connectivity index (χ4n) is 7.15. The molecular formula is C32H31F5N2O7. The average molecular weight is 651 g/mol. The van der Waals surface area contributed by atoms with Gasteiger partial charge in [-0.2, -0.15) is 13.2 Å². The number of halogens is 5. The zero-order chi connectivity index (χ0) is 34.0. The van der Waals surface area contributed by atoms with E-state index in [0.717, 1.165) is 12.1 Å². The van der Waals surface area contributed by atoms with E-state index < -0.39 is 93.6 Å². The van der Waals surface area contributed by atoms with E-state index in [1.165, 1.54) is 25.1 Å². The van der Waals surface area contributed by atoms with Crippen LogP contribution in [-0.2, 0) is 27.2 Å². The molecule has 0 unspecified atom stereocenters. The Labute approximate surface area is 259 Å². The Bertz CT molecular complexity index is 1730. The molecule has 2 aromatic rings. The molecule has 0 saturated heterocycles. The Morgan fingerprint density at radius 1 is 1.07 bits per heavy atom. The molecule has 6 N–H and O–H groups in total. The maximum Gasteiger partial charge on any atom is 0.389 e. The van der Waals surface area contributed by atoms with E-state index in [9.17, 15) is 52.4 Å². The third-order valence-corrected chi connectivity index (χ3v) is 9.18. The van der Waals surface area contributed by atoms with Crippen molar-refractivity contribution in [3.63, 3.8) is 0 Å². The number of ketones is 2. The number of unbranched alkanes of at least 4 members (excludes halogenated alkanes) is 1. The van der Waals surface area contributed by atoms with Crippen molar-refractivity contribution in [3.05, 3.63) is 69.5 Å². The second kappa shape index (κ2) is 11.5. The van der Waals surface area contributed by atoms with Crippen LogP contribution in [0.2, 0.25) is 0 Å². The van der Waals surface area contributed by atoms with E-state index in [0.29, 0.717) is 6.07 Å². The highest BCUT2D eigenvalue weighted by atomic mass is 19.4. The van der Waals surface area contributed by atoms with Gasteiger partial charge in [0.2, 0.25) is 5.78 Å². The smallest absolute Gasteiger partial charge is 0.389 e. The van der Waals surface area contributed by atoms with Crippen LogP contribution in [-0.4, -0.2) is 74.7 Å². The number of benzene rings is 2. The standard InChI is InChI=1S/C32H31F5N2O7/c1-39(2)24-19-11-14-10-18-17(16-7-6-15(33)12-20(16)34)9-13(5-3-4-8-31(35,36)37)25(40)22(18)26(41)21(14)28(43)32(19,46)29(44)23(27(24)42)30(38)45/h6-7,9,12,14,19,24,40-41,44,46H,3-5,8,10-11H2,1-2H3,(H2,38,45)/t14-,19-,24-,32-/m0/s1. The molecule has 0 radical (unpaired) electrons. The summed E-state index contributed by atoms with van der Waals surface area (Å²) in [7, 11) is 2.91. The molecule has 0 spiro atoms. The number of nitrogens with two attached hydrogens (primary N) is 1. The summed E-state index contributed by atoms with van der Waals surface area (Å²) in [5.74, 6) is -10.4. The first-order chi connectivity index (χ1) is 21.4. The van der Waals surface area contributed by atoms with Gasteiger partial charge in [0, 0.05) is 29.5 Å². The maximum atomic E-state index is 15.2. The van der Waals surface area contributed by atoms with Crippen molar-refractivity contribution < 1.29 is 56.8 Å². The lowest BCUT2D eigenvalue weighted by atomic mass is 9.57. The highest BCUT2D eigenvalue weighted by Gasteiger charge is 2.64. The molecular weight excluding hydrogens is 619 g/mol. The topological polar surface area (TPSA) is 161 Å². The molecule has 1 amide bonds. The van der Waals surface area contributed by atoms with E-state index in [4.69, 9.17) is 5.73 Å². The number of amides is 1. The number of primary amides is 1. The van der Waals surface area contributed by atoms with Crippen LogP contribution < -0.4 is 5.73 Å². The van der Waals surface area contributed by atoms with Gasteiger partial charge in [0.05, 0.1) is 11.6 Å². The number of hydrogen-bond acceptors (Lipinski definition) is 8. The third-order valence-electron chi connectivity index (χ3n) is 9.18. The summed E-state index contributed by atoms with van der Waals surface area (Å²) < 4.78 is 67.3. The largest absolute Gasteiger partial charge is 0.508 e. The minimum absolute atomic E-state index is 0.0137. The van der Waals surface area contributed by atoms with Gasteiger partial charge in [-0.1, -0.05) is 0 Å². The molecule has 2 aromatic carbocycles. The number of fused-ring (bicyclic) bond motifs is 3. The Balaban J connectivity index is 1.72. The molecule has 1 fully saturated rings. The molecule has 14 heteroatoms. The van der Waals surface area contributed by atoms with Crippen LogP contribution in [0.15, 0.2) is 41.2 Å². The number of aliphatic hydroxyl groups excluding tert-OH is 2. The maximum absolute atomic E-state index is 15.2. The Morgan fingerprint density at radius 3 is 2.33 bits per heavy atom. The number of hydrogen-bond donors (Lipinski definition) is 5. The van der Waals surface area contributed by atoms with Crippen LogP contribution in [0.25, 0.3) is 16.9 Å². The van der Waals surface area contributed by atoms with Gasteiger partial charge in [-0.25, -0.2) is 8.78 Å². The quantitative estimate of drug-likeness (QED) is 0.169. The number of rotatable bonds is 7. The van der Waals surface area contributed by atoms with Crippen molar-refractivity contribution in [2.45, 2.75) is 56.3 Å². The lowest BCUT2D eigenvalue weighted by molar-refractivity contribution is -0.153. The first-order valence-electron chi connectivity index (χ1n) is 14.4. The highest BCUT2D eigenvalue weighted by molar-refractivity contribution is 6.24. The summed E-state index contributed by atoms with van der Waals surface area (Å²) in [5, 5.41) is 45.7. The number of Topliss-reactive ketones (excluding diaryl/α,β-unsaturated/α-hetero) is 2. The van der Waals surface area contributed by atoms with Gasteiger partial charge in [0.25, 0.3) is 5.91 Å². The monoisotopic (exact) mass is 650 g/mol. The van der Waals surface area contributed by atoms with Crippen LogP contribution in [0.5, 0.6) is 5.75 Å². The van der Waals surface area contributed by atoms with Crippen molar-refractivity contribution in [2.24, 2.45) is 17.6 Å². The SMILES string of the molecule is CN(C)[C@@H]1C(=O)C(C(N)=O)=C(O)[C@@]2(O)C(=O)C3=C(O)c4c(O)c(CCCCC(F)(F)F)cc(-c5ccc(F)cc5F)c4C[C@H]3C[C@@H]12. The molecule has 0 bridgehead atoms. The van der Waals surface area contributed by atoms with Crippen molar-refractivity contribution in [1.29, 1.82) is 0 Å². The molecule has 3 aliphatic carbocycles. The van der Waals surface area contributed by atoms with Crippen LogP contribution in [0.1, 0.15) is 42.4 Å². The third kappa shape index (κ3) is 5.22. The first kappa shape index (κ1) is 33.1. The Hall–Kier alpha value is -4.30. The normalized spacial score (nSPS) is 24.7. The number of aliphatic hydroxyl groups is 3. The molecule has 46 heavy (non-hydrogen) atoms. The van der Waals surface area contributed by atoms with E-state index in [1.54, 1.807) is 0 Å². The fraction of sp³-hybridized carbons (Fsp3) is 0.406. The van der Waals surface area contributed by atoms with Crippen molar-refractivity contribution >= 4 is 23.2 Å². The number of alkyl halides is 3. The van der Waals surface area contributed by atoms with E-state index in [1.807, 2.05) is 0 Å². The minimum atomic E-state index is -4.42. The van der Waals surface area contributed by atoms with Crippen LogP contribution in [0.4, 0.5) is 22.0 Å². The van der Waals surface area contributed by atoms with Crippen molar-refractivity contribution in [3.8, 4) is 16.9 Å². The highest BCUT2D eigenvalue weighted by Crippen LogP contribution is 2.54. The number of carbonyl (C=O) groups excluding carboxylic acids is 3. The van der Waals surface area contributed by atoms with E-state index >= 15 is 4.39 Å². The number of nitrogens with zero attached hydrogens (tertiary/aromatic N) is 1. The second-order valence-corrected chi connectivity index (χ2v) is 12.2.